The number of benzene rings is 1. The molecule has 1 aliphatic rings. The molecule has 0 heterocycles. The first kappa shape index (κ1) is 12.2. The Hall–Kier alpha value is -1.30. The molecule has 0 fully saturated rings. The molecule has 0 saturated carbocycles. The Labute approximate surface area is 105 Å². The Balaban J connectivity index is 2.32. The van der Waals surface area contributed by atoms with E-state index in [4.69, 9.17) is 0 Å². The quantitative estimate of drug-likeness (QED) is 0.662. The Morgan fingerprint density at radius 2 is 2.06 bits per heavy atom. The maximum atomic E-state index is 2.39. The second kappa shape index (κ2) is 5.35. The Kier molecular flexibility index (Phi) is 3.83. The SMILES string of the molecule is Cc1cccc2c1C=CCC=C2CCC(C)C. The fourth-order valence-electron chi connectivity index (χ4n) is 2.37. The molecular formula is C17H22. The fourth-order valence-corrected chi connectivity index (χ4v) is 2.37. The van der Waals surface area contributed by atoms with Gasteiger partial charge in [-0.2, -0.15) is 0 Å². The average Bonchev–Trinajstić information content (AvgIpc) is 2.50. The van der Waals surface area contributed by atoms with Gasteiger partial charge in [-0.15, -0.1) is 0 Å². The van der Waals surface area contributed by atoms with E-state index in [0.717, 1.165) is 12.3 Å². The molecule has 0 unspecified atom stereocenters. The molecule has 0 aromatic heterocycles. The minimum atomic E-state index is 0.778. The fraction of sp³-hybridized carbons (Fsp3) is 0.412. The smallest absolute Gasteiger partial charge is 0.0152 e. The van der Waals surface area contributed by atoms with Crippen molar-refractivity contribution in [3.63, 3.8) is 0 Å². The van der Waals surface area contributed by atoms with Gasteiger partial charge in [0, 0.05) is 0 Å². The Morgan fingerprint density at radius 3 is 2.82 bits per heavy atom. The van der Waals surface area contributed by atoms with Crippen LogP contribution in [0.4, 0.5) is 0 Å². The van der Waals surface area contributed by atoms with Gasteiger partial charge in [-0.25, -0.2) is 0 Å². The molecule has 2 rings (SSSR count). The van der Waals surface area contributed by atoms with Crippen molar-refractivity contribution >= 4 is 11.6 Å². The molecule has 0 saturated heterocycles. The van der Waals surface area contributed by atoms with E-state index in [1.807, 2.05) is 0 Å². The third-order valence-corrected chi connectivity index (χ3v) is 3.45. The monoisotopic (exact) mass is 226 g/mol. The zero-order valence-electron chi connectivity index (χ0n) is 11.2. The maximum Gasteiger partial charge on any atom is -0.0152 e. The van der Waals surface area contributed by atoms with Crippen molar-refractivity contribution in [3.05, 3.63) is 47.0 Å². The van der Waals surface area contributed by atoms with E-state index >= 15 is 0 Å². The van der Waals surface area contributed by atoms with Crippen LogP contribution < -0.4 is 0 Å². The van der Waals surface area contributed by atoms with Crippen LogP contribution in [0.15, 0.2) is 30.4 Å². The van der Waals surface area contributed by atoms with Crippen molar-refractivity contribution in [1.29, 1.82) is 0 Å². The van der Waals surface area contributed by atoms with Gasteiger partial charge >= 0.3 is 0 Å². The summed E-state index contributed by atoms with van der Waals surface area (Å²) in [4.78, 5) is 0. The van der Waals surface area contributed by atoms with Crippen molar-refractivity contribution in [2.45, 2.75) is 40.0 Å². The zero-order valence-corrected chi connectivity index (χ0v) is 11.2. The zero-order chi connectivity index (χ0) is 12.3. The number of hydrogen-bond acceptors (Lipinski definition) is 0. The van der Waals surface area contributed by atoms with Crippen LogP contribution in [0.1, 0.15) is 49.8 Å². The summed E-state index contributed by atoms with van der Waals surface area (Å²) in [6, 6.07) is 6.65. The highest BCUT2D eigenvalue weighted by molar-refractivity contribution is 5.77. The third-order valence-electron chi connectivity index (χ3n) is 3.45. The summed E-state index contributed by atoms with van der Waals surface area (Å²) < 4.78 is 0. The van der Waals surface area contributed by atoms with E-state index in [-0.39, 0.29) is 0 Å². The largest absolute Gasteiger partial charge is 0.0801 e. The van der Waals surface area contributed by atoms with Crippen LogP contribution in [-0.4, -0.2) is 0 Å². The first-order valence-corrected chi connectivity index (χ1v) is 6.64. The predicted molar refractivity (Wildman–Crippen MR) is 76.9 cm³/mol. The van der Waals surface area contributed by atoms with Crippen LogP contribution in [0.3, 0.4) is 0 Å². The van der Waals surface area contributed by atoms with E-state index in [1.165, 1.54) is 35.1 Å². The molecule has 90 valence electrons. The first-order valence-electron chi connectivity index (χ1n) is 6.64. The molecular weight excluding hydrogens is 204 g/mol. The van der Waals surface area contributed by atoms with E-state index in [9.17, 15) is 0 Å². The van der Waals surface area contributed by atoms with Crippen LogP contribution >= 0.6 is 0 Å². The van der Waals surface area contributed by atoms with Crippen LogP contribution in [0.25, 0.3) is 11.6 Å². The van der Waals surface area contributed by atoms with Crippen LogP contribution in [-0.2, 0) is 0 Å². The third kappa shape index (κ3) is 2.88. The van der Waals surface area contributed by atoms with Gasteiger partial charge in [0.15, 0.2) is 0 Å². The van der Waals surface area contributed by atoms with Crippen LogP contribution in [0.5, 0.6) is 0 Å². The lowest BCUT2D eigenvalue weighted by Gasteiger charge is -2.13. The molecule has 0 amide bonds. The Morgan fingerprint density at radius 1 is 1.24 bits per heavy atom. The average molecular weight is 226 g/mol. The lowest BCUT2D eigenvalue weighted by molar-refractivity contribution is 0.598. The van der Waals surface area contributed by atoms with Crippen molar-refractivity contribution in [2.24, 2.45) is 5.92 Å². The van der Waals surface area contributed by atoms with E-state index in [2.05, 4.69) is 57.2 Å². The van der Waals surface area contributed by atoms with E-state index in [1.54, 1.807) is 0 Å². The second-order valence-electron chi connectivity index (χ2n) is 5.34. The minimum Gasteiger partial charge on any atom is -0.0801 e. The van der Waals surface area contributed by atoms with E-state index < -0.39 is 0 Å². The molecule has 0 bridgehead atoms. The highest BCUT2D eigenvalue weighted by Crippen LogP contribution is 2.30. The summed E-state index contributed by atoms with van der Waals surface area (Å²) in [5, 5.41) is 0. The van der Waals surface area contributed by atoms with Crippen LogP contribution in [0, 0.1) is 12.8 Å². The molecule has 17 heavy (non-hydrogen) atoms. The van der Waals surface area contributed by atoms with Gasteiger partial charge in [-0.3, -0.25) is 0 Å². The lowest BCUT2D eigenvalue weighted by atomic mass is 9.92. The lowest BCUT2D eigenvalue weighted by Crippen LogP contribution is -1.94. The Bertz CT molecular complexity index is 447. The molecule has 0 radical (unpaired) electrons. The van der Waals surface area contributed by atoms with E-state index in [0.29, 0.717) is 0 Å². The van der Waals surface area contributed by atoms with Gasteiger partial charge in [0.25, 0.3) is 0 Å². The molecule has 0 atom stereocenters. The number of hydrogen-bond donors (Lipinski definition) is 0. The molecule has 0 N–H and O–H groups in total. The summed E-state index contributed by atoms with van der Waals surface area (Å²) in [6.07, 6.45) is 10.5. The van der Waals surface area contributed by atoms with Gasteiger partial charge < -0.3 is 0 Å². The minimum absolute atomic E-state index is 0.778. The number of aryl methyl sites for hydroxylation is 1. The van der Waals surface area contributed by atoms with Gasteiger partial charge in [0.1, 0.15) is 0 Å². The van der Waals surface area contributed by atoms with Crippen molar-refractivity contribution in [2.75, 3.05) is 0 Å². The maximum absolute atomic E-state index is 2.39. The highest BCUT2D eigenvalue weighted by atomic mass is 14.1. The van der Waals surface area contributed by atoms with Gasteiger partial charge in [-0.05, 0) is 54.4 Å². The van der Waals surface area contributed by atoms with Crippen molar-refractivity contribution in [1.82, 2.24) is 0 Å². The van der Waals surface area contributed by atoms with Crippen molar-refractivity contribution < 1.29 is 0 Å². The van der Waals surface area contributed by atoms with Gasteiger partial charge in [0.05, 0.1) is 0 Å². The standard InChI is InChI=1S/C17H22/c1-13(2)11-12-15-8-4-5-9-16-14(3)7-6-10-17(15)16/h5-10,13H,4,11-12H2,1-3H3. The second-order valence-corrected chi connectivity index (χ2v) is 5.34. The molecule has 0 aliphatic heterocycles. The first-order chi connectivity index (χ1) is 8.18. The summed E-state index contributed by atoms with van der Waals surface area (Å²) in [7, 11) is 0. The number of allylic oxidation sites excluding steroid dienone is 3. The summed E-state index contributed by atoms with van der Waals surface area (Å²) in [5.74, 6) is 0.778. The highest BCUT2D eigenvalue weighted by Gasteiger charge is 2.10. The topological polar surface area (TPSA) is 0 Å². The van der Waals surface area contributed by atoms with Gasteiger partial charge in [-0.1, -0.05) is 50.3 Å². The molecule has 0 nitrogen and oxygen atoms in total. The normalized spacial score (nSPS) is 14.5. The number of rotatable bonds is 3. The summed E-state index contributed by atoms with van der Waals surface area (Å²) in [5.41, 5.74) is 5.78. The molecule has 1 aliphatic carbocycles. The van der Waals surface area contributed by atoms with Crippen molar-refractivity contribution in [3.8, 4) is 0 Å². The molecule has 0 spiro atoms. The molecule has 1 aromatic rings. The summed E-state index contributed by atoms with van der Waals surface area (Å²) >= 11 is 0. The van der Waals surface area contributed by atoms with Crippen LogP contribution in [0.2, 0.25) is 0 Å². The summed E-state index contributed by atoms with van der Waals surface area (Å²) in [6.45, 7) is 6.80. The predicted octanol–water partition coefficient (Wildman–Crippen LogP) is 5.23. The molecule has 0 heteroatoms. The molecule has 1 aromatic carbocycles. The number of fused-ring (bicyclic) bond motifs is 1. The van der Waals surface area contributed by atoms with Gasteiger partial charge in [0.2, 0.25) is 0 Å².